The Balaban J connectivity index is 2.38. The molecule has 0 unspecified atom stereocenters. The monoisotopic (exact) mass is 354 g/mol. The van der Waals surface area contributed by atoms with Crippen molar-refractivity contribution in [1.82, 2.24) is 15.5 Å². The highest BCUT2D eigenvalue weighted by Gasteiger charge is 2.15. The Morgan fingerprint density at radius 3 is 2.54 bits per heavy atom. The largest absolute Gasteiger partial charge is 0.444 e. The van der Waals surface area contributed by atoms with E-state index < -0.39 is 11.7 Å². The number of nitrogens with one attached hydrogen (secondary N) is 2. The third-order valence-corrected chi connectivity index (χ3v) is 3.19. The zero-order valence-electron chi connectivity index (χ0n) is 15.0. The number of halogens is 1. The van der Waals surface area contributed by atoms with Crippen LogP contribution in [0.25, 0.3) is 0 Å². The maximum Gasteiger partial charge on any atom is 0.407 e. The van der Waals surface area contributed by atoms with E-state index in [1.165, 1.54) is 0 Å². The topological polar surface area (TPSA) is 66.0 Å². The van der Waals surface area contributed by atoms with Crippen molar-refractivity contribution < 1.29 is 9.53 Å². The van der Waals surface area contributed by atoms with Crippen molar-refractivity contribution >= 4 is 23.7 Å². The predicted molar refractivity (Wildman–Crippen MR) is 98.5 cm³/mol. The SMILES string of the molecule is CN=C(NCCNC(=O)OC(C)(C)C)N(C)Cc1cccc(Cl)c1. The lowest BCUT2D eigenvalue weighted by molar-refractivity contribution is 0.0529. The standard InChI is InChI=1S/C17H27ClN4O2/c1-17(2,3)24-16(23)21-10-9-20-15(19-4)22(5)12-13-7-6-8-14(18)11-13/h6-8,11H,9-10,12H2,1-5H3,(H,19,20)(H,21,23). The van der Waals surface area contributed by atoms with Gasteiger partial charge in [-0.05, 0) is 38.5 Å². The summed E-state index contributed by atoms with van der Waals surface area (Å²) in [5.74, 6) is 0.737. The van der Waals surface area contributed by atoms with Crippen molar-refractivity contribution in [2.45, 2.75) is 32.9 Å². The van der Waals surface area contributed by atoms with Crippen LogP contribution in [0.1, 0.15) is 26.3 Å². The molecule has 0 saturated carbocycles. The van der Waals surface area contributed by atoms with Gasteiger partial charge in [0.1, 0.15) is 5.60 Å². The van der Waals surface area contributed by atoms with Gasteiger partial charge in [-0.3, -0.25) is 4.99 Å². The van der Waals surface area contributed by atoms with Gasteiger partial charge in [0, 0.05) is 38.8 Å². The van der Waals surface area contributed by atoms with Gasteiger partial charge in [-0.1, -0.05) is 23.7 Å². The van der Waals surface area contributed by atoms with Crippen LogP contribution in [0.3, 0.4) is 0 Å². The number of amides is 1. The summed E-state index contributed by atoms with van der Waals surface area (Å²) in [6.07, 6.45) is -0.424. The van der Waals surface area contributed by atoms with E-state index >= 15 is 0 Å². The van der Waals surface area contributed by atoms with Gasteiger partial charge in [0.05, 0.1) is 0 Å². The number of guanidine groups is 1. The van der Waals surface area contributed by atoms with Gasteiger partial charge in [-0.25, -0.2) is 4.79 Å². The Morgan fingerprint density at radius 1 is 1.29 bits per heavy atom. The molecule has 1 rings (SSSR count). The molecule has 1 amide bonds. The normalized spacial score (nSPS) is 11.8. The minimum atomic E-state index is -0.495. The average molecular weight is 355 g/mol. The number of hydrogen-bond donors (Lipinski definition) is 2. The van der Waals surface area contributed by atoms with Crippen LogP contribution in [0.5, 0.6) is 0 Å². The molecule has 0 bridgehead atoms. The van der Waals surface area contributed by atoms with E-state index in [1.807, 2.05) is 57.0 Å². The van der Waals surface area contributed by atoms with E-state index in [0.29, 0.717) is 24.7 Å². The fraction of sp³-hybridized carbons (Fsp3) is 0.529. The molecule has 0 radical (unpaired) electrons. The molecule has 24 heavy (non-hydrogen) atoms. The molecule has 0 fully saturated rings. The lowest BCUT2D eigenvalue weighted by atomic mass is 10.2. The highest BCUT2D eigenvalue weighted by Crippen LogP contribution is 2.12. The van der Waals surface area contributed by atoms with Gasteiger partial charge < -0.3 is 20.3 Å². The Morgan fingerprint density at radius 2 is 1.96 bits per heavy atom. The maximum absolute atomic E-state index is 11.6. The smallest absolute Gasteiger partial charge is 0.407 e. The van der Waals surface area contributed by atoms with Crippen molar-refractivity contribution in [3.63, 3.8) is 0 Å². The van der Waals surface area contributed by atoms with Gasteiger partial charge in [0.2, 0.25) is 0 Å². The molecule has 0 aliphatic heterocycles. The lowest BCUT2D eigenvalue weighted by Gasteiger charge is -2.23. The highest BCUT2D eigenvalue weighted by molar-refractivity contribution is 6.30. The summed E-state index contributed by atoms with van der Waals surface area (Å²) >= 11 is 6.00. The molecule has 0 spiro atoms. The molecule has 7 heteroatoms. The Bertz CT molecular complexity index is 570. The number of carbonyl (C=O) groups is 1. The Kier molecular flexibility index (Phi) is 7.85. The minimum absolute atomic E-state index is 0.424. The van der Waals surface area contributed by atoms with E-state index in [2.05, 4.69) is 15.6 Å². The van der Waals surface area contributed by atoms with E-state index in [4.69, 9.17) is 16.3 Å². The number of hydrogen-bond acceptors (Lipinski definition) is 3. The fourth-order valence-electron chi connectivity index (χ4n) is 2.02. The number of nitrogens with zero attached hydrogens (tertiary/aromatic N) is 2. The van der Waals surface area contributed by atoms with Crippen LogP contribution in [0, 0.1) is 0 Å². The maximum atomic E-state index is 11.6. The van der Waals surface area contributed by atoms with Crippen molar-refractivity contribution in [3.05, 3.63) is 34.9 Å². The molecule has 1 aromatic rings. The van der Waals surface area contributed by atoms with Crippen LogP contribution < -0.4 is 10.6 Å². The van der Waals surface area contributed by atoms with Gasteiger partial charge in [0.15, 0.2) is 5.96 Å². The second-order valence-electron chi connectivity index (χ2n) is 6.39. The number of alkyl carbamates (subject to hydrolysis) is 1. The first-order valence-corrected chi connectivity index (χ1v) is 8.22. The van der Waals surface area contributed by atoms with Crippen LogP contribution >= 0.6 is 11.6 Å². The molecule has 6 nitrogen and oxygen atoms in total. The van der Waals surface area contributed by atoms with Crippen molar-refractivity contribution in [1.29, 1.82) is 0 Å². The summed E-state index contributed by atoms with van der Waals surface area (Å²) in [5.41, 5.74) is 0.602. The van der Waals surface area contributed by atoms with Crippen LogP contribution in [0.2, 0.25) is 5.02 Å². The first-order chi connectivity index (χ1) is 11.2. The Hall–Kier alpha value is -1.95. The van der Waals surface area contributed by atoms with Gasteiger partial charge >= 0.3 is 6.09 Å². The summed E-state index contributed by atoms with van der Waals surface area (Å²) in [6.45, 7) is 7.16. The number of aliphatic imine (C=N–C) groups is 1. The molecule has 0 atom stereocenters. The fourth-order valence-corrected chi connectivity index (χ4v) is 2.23. The van der Waals surface area contributed by atoms with E-state index in [-0.39, 0.29) is 0 Å². The number of ether oxygens (including phenoxy) is 1. The summed E-state index contributed by atoms with van der Waals surface area (Å²) in [6, 6.07) is 7.71. The molecule has 0 heterocycles. The number of carbonyl (C=O) groups excluding carboxylic acids is 1. The summed E-state index contributed by atoms with van der Waals surface area (Å²) < 4.78 is 5.18. The van der Waals surface area contributed by atoms with Crippen molar-refractivity contribution in [2.75, 3.05) is 27.2 Å². The number of benzene rings is 1. The van der Waals surface area contributed by atoms with Gasteiger partial charge in [-0.2, -0.15) is 0 Å². The molecular weight excluding hydrogens is 328 g/mol. The average Bonchev–Trinajstić information content (AvgIpc) is 2.45. The predicted octanol–water partition coefficient (Wildman–Crippen LogP) is 2.87. The third kappa shape index (κ3) is 8.06. The highest BCUT2D eigenvalue weighted by atomic mass is 35.5. The third-order valence-electron chi connectivity index (χ3n) is 2.96. The van der Waals surface area contributed by atoms with E-state index in [9.17, 15) is 4.79 Å². The van der Waals surface area contributed by atoms with Crippen LogP contribution in [-0.4, -0.2) is 49.7 Å². The van der Waals surface area contributed by atoms with Crippen LogP contribution in [-0.2, 0) is 11.3 Å². The zero-order valence-corrected chi connectivity index (χ0v) is 15.8. The van der Waals surface area contributed by atoms with Gasteiger partial charge in [-0.15, -0.1) is 0 Å². The summed E-state index contributed by atoms with van der Waals surface area (Å²) in [4.78, 5) is 17.8. The molecule has 0 aromatic heterocycles. The molecule has 134 valence electrons. The van der Waals surface area contributed by atoms with Gasteiger partial charge in [0.25, 0.3) is 0 Å². The first-order valence-electron chi connectivity index (χ1n) is 7.84. The van der Waals surface area contributed by atoms with Crippen LogP contribution in [0.4, 0.5) is 4.79 Å². The molecular formula is C17H27ClN4O2. The second kappa shape index (κ2) is 9.37. The Labute approximate surface area is 149 Å². The summed E-state index contributed by atoms with van der Waals surface area (Å²) in [7, 11) is 3.66. The van der Waals surface area contributed by atoms with Crippen molar-refractivity contribution in [2.24, 2.45) is 4.99 Å². The summed E-state index contributed by atoms with van der Waals surface area (Å²) in [5, 5.41) is 6.61. The van der Waals surface area contributed by atoms with Crippen molar-refractivity contribution in [3.8, 4) is 0 Å². The van der Waals surface area contributed by atoms with E-state index in [1.54, 1.807) is 7.05 Å². The van der Waals surface area contributed by atoms with Crippen LogP contribution in [0.15, 0.2) is 29.3 Å². The molecule has 2 N–H and O–H groups in total. The minimum Gasteiger partial charge on any atom is -0.444 e. The molecule has 0 saturated heterocycles. The molecule has 1 aromatic carbocycles. The second-order valence-corrected chi connectivity index (χ2v) is 6.83. The number of rotatable bonds is 5. The lowest BCUT2D eigenvalue weighted by Crippen LogP contribution is -2.43. The molecule has 0 aliphatic carbocycles. The first kappa shape index (κ1) is 20.1. The quantitative estimate of drug-likeness (QED) is 0.485. The zero-order chi connectivity index (χ0) is 18.2. The molecule has 0 aliphatic rings. The van der Waals surface area contributed by atoms with E-state index in [0.717, 1.165) is 11.5 Å².